The number of H-pyrrole nitrogens is 1. The quantitative estimate of drug-likeness (QED) is 0.367. The lowest BCUT2D eigenvalue weighted by molar-refractivity contribution is 0.506. The van der Waals surface area contributed by atoms with Gasteiger partial charge in [-0.1, -0.05) is 54.6 Å². The van der Waals surface area contributed by atoms with Crippen LogP contribution in [0.5, 0.6) is 0 Å². The number of benzene rings is 3. The fraction of sp³-hybridized carbons (Fsp3) is 0.0357. The summed E-state index contributed by atoms with van der Waals surface area (Å²) < 4.78 is 8.03. The van der Waals surface area contributed by atoms with Gasteiger partial charge in [0.15, 0.2) is 5.65 Å². The summed E-state index contributed by atoms with van der Waals surface area (Å²) in [6.07, 6.45) is 3.17. The minimum Gasteiger partial charge on any atom is -0.458 e. The zero-order valence-corrected chi connectivity index (χ0v) is 19.4. The summed E-state index contributed by atoms with van der Waals surface area (Å²) in [5, 5.41) is 14.1. The summed E-state index contributed by atoms with van der Waals surface area (Å²) in [6.45, 7) is 0.170. The van der Waals surface area contributed by atoms with E-state index in [-0.39, 0.29) is 12.0 Å². The molecule has 178 valence electrons. The molecular formula is C28H19N7O2. The molecule has 0 fully saturated rings. The zero-order chi connectivity index (χ0) is 24.9. The smallest absolute Gasteiger partial charge is 0.200 e. The maximum Gasteiger partial charge on any atom is 0.200 e. The Morgan fingerprint density at radius 1 is 0.946 bits per heavy atom. The standard InChI is InChI=1S/C28H19N7O2/c29-27-24-25(17-10-11-18-13-32-33-20(18)12-17)34-35(28(24)31-15-30-27)14-22-23(16-6-2-1-3-7-16)26(36)19-8-4-5-9-21(19)37-22/h1-13,15H,14H2,(H,32,33)(H2,29,30,31). The number of para-hydroxylation sites is 1. The highest BCUT2D eigenvalue weighted by Crippen LogP contribution is 2.33. The van der Waals surface area contributed by atoms with Crippen LogP contribution in [0.1, 0.15) is 5.76 Å². The van der Waals surface area contributed by atoms with Gasteiger partial charge >= 0.3 is 0 Å². The Labute approximate surface area is 209 Å². The van der Waals surface area contributed by atoms with Crippen molar-refractivity contribution in [3.8, 4) is 22.4 Å². The maximum absolute atomic E-state index is 13.6. The van der Waals surface area contributed by atoms with E-state index in [1.54, 1.807) is 23.0 Å². The third-order valence-electron chi connectivity index (χ3n) is 6.50. The molecule has 0 aliphatic heterocycles. The number of nitrogens with two attached hydrogens (primary N) is 1. The van der Waals surface area contributed by atoms with Gasteiger partial charge in [-0.25, -0.2) is 14.6 Å². The lowest BCUT2D eigenvalue weighted by Gasteiger charge is -2.11. The average molecular weight is 486 g/mol. The predicted molar refractivity (Wildman–Crippen MR) is 142 cm³/mol. The Kier molecular flexibility index (Phi) is 4.62. The molecule has 0 spiro atoms. The Balaban J connectivity index is 1.46. The van der Waals surface area contributed by atoms with Gasteiger partial charge in [-0.15, -0.1) is 0 Å². The van der Waals surface area contributed by atoms with Gasteiger partial charge in [0.2, 0.25) is 5.43 Å². The summed E-state index contributed by atoms with van der Waals surface area (Å²) in [6, 6.07) is 22.6. The Morgan fingerprint density at radius 2 is 1.78 bits per heavy atom. The molecule has 4 heterocycles. The monoisotopic (exact) mass is 485 g/mol. The highest BCUT2D eigenvalue weighted by atomic mass is 16.3. The SMILES string of the molecule is Nc1ncnc2c1c(-c1ccc3cn[nH]c3c1)nn2Cc1oc2ccccc2c(=O)c1-c1ccccc1. The third-order valence-corrected chi connectivity index (χ3v) is 6.50. The van der Waals surface area contributed by atoms with Gasteiger partial charge in [-0.05, 0) is 23.8 Å². The van der Waals surface area contributed by atoms with E-state index >= 15 is 0 Å². The summed E-state index contributed by atoms with van der Waals surface area (Å²) in [4.78, 5) is 22.3. The van der Waals surface area contributed by atoms with Gasteiger partial charge in [0.25, 0.3) is 0 Å². The molecule has 4 aromatic heterocycles. The van der Waals surface area contributed by atoms with Gasteiger partial charge in [0.1, 0.15) is 35.7 Å². The van der Waals surface area contributed by atoms with E-state index < -0.39 is 0 Å². The first-order valence-corrected chi connectivity index (χ1v) is 11.7. The average Bonchev–Trinajstić information content (AvgIpc) is 3.54. The second-order valence-electron chi connectivity index (χ2n) is 8.73. The first-order chi connectivity index (χ1) is 18.2. The Bertz CT molecular complexity index is 2000. The minimum atomic E-state index is -0.0985. The van der Waals surface area contributed by atoms with E-state index in [0.29, 0.717) is 44.8 Å². The van der Waals surface area contributed by atoms with E-state index in [9.17, 15) is 4.79 Å². The van der Waals surface area contributed by atoms with Crippen LogP contribution in [0.4, 0.5) is 5.82 Å². The van der Waals surface area contributed by atoms with Gasteiger partial charge in [0.05, 0.1) is 28.0 Å². The largest absolute Gasteiger partial charge is 0.458 e. The van der Waals surface area contributed by atoms with Crippen molar-refractivity contribution in [3.63, 3.8) is 0 Å². The van der Waals surface area contributed by atoms with Gasteiger partial charge in [0, 0.05) is 10.9 Å². The number of nitrogens with one attached hydrogen (secondary N) is 1. The molecule has 0 atom stereocenters. The van der Waals surface area contributed by atoms with E-state index in [4.69, 9.17) is 15.2 Å². The van der Waals surface area contributed by atoms with Crippen LogP contribution in [-0.2, 0) is 6.54 Å². The van der Waals surface area contributed by atoms with E-state index in [1.165, 1.54) is 6.33 Å². The molecule has 9 nitrogen and oxygen atoms in total. The van der Waals surface area contributed by atoms with Crippen LogP contribution in [0.15, 0.2) is 94.5 Å². The van der Waals surface area contributed by atoms with Crippen LogP contribution in [0.3, 0.4) is 0 Å². The summed E-state index contributed by atoms with van der Waals surface area (Å²) in [5.74, 6) is 0.797. The first-order valence-electron chi connectivity index (χ1n) is 11.7. The Morgan fingerprint density at radius 3 is 2.68 bits per heavy atom. The number of rotatable bonds is 4. The molecule has 3 aromatic carbocycles. The summed E-state index contributed by atoms with van der Waals surface area (Å²) >= 11 is 0. The fourth-order valence-corrected chi connectivity index (χ4v) is 4.76. The van der Waals surface area contributed by atoms with Crippen LogP contribution >= 0.6 is 0 Å². The van der Waals surface area contributed by atoms with E-state index in [0.717, 1.165) is 22.0 Å². The molecule has 0 amide bonds. The maximum atomic E-state index is 13.6. The summed E-state index contributed by atoms with van der Waals surface area (Å²) in [5.41, 5.74) is 10.9. The van der Waals surface area contributed by atoms with Crippen molar-refractivity contribution in [1.82, 2.24) is 29.9 Å². The van der Waals surface area contributed by atoms with Crippen molar-refractivity contribution >= 4 is 38.7 Å². The number of hydrogen-bond donors (Lipinski definition) is 2. The van der Waals surface area contributed by atoms with Gasteiger partial charge in [-0.3, -0.25) is 9.89 Å². The molecule has 0 unspecified atom stereocenters. The molecule has 0 bridgehead atoms. The fourth-order valence-electron chi connectivity index (χ4n) is 4.76. The third kappa shape index (κ3) is 3.36. The second-order valence-corrected chi connectivity index (χ2v) is 8.73. The van der Waals surface area contributed by atoms with Gasteiger partial charge < -0.3 is 10.2 Å². The molecular weight excluding hydrogens is 466 g/mol. The van der Waals surface area contributed by atoms with Crippen LogP contribution in [-0.4, -0.2) is 29.9 Å². The van der Waals surface area contributed by atoms with Crippen LogP contribution in [0, 0.1) is 0 Å². The number of fused-ring (bicyclic) bond motifs is 3. The summed E-state index contributed by atoms with van der Waals surface area (Å²) in [7, 11) is 0. The molecule has 9 heteroatoms. The molecule has 0 aliphatic rings. The highest BCUT2D eigenvalue weighted by molar-refractivity contribution is 5.99. The van der Waals surface area contributed by atoms with Crippen molar-refractivity contribution in [3.05, 3.63) is 101 Å². The van der Waals surface area contributed by atoms with Crippen molar-refractivity contribution in [1.29, 1.82) is 0 Å². The molecule has 7 aromatic rings. The number of nitrogen functional groups attached to an aromatic ring is 1. The van der Waals surface area contributed by atoms with Crippen LogP contribution in [0.2, 0.25) is 0 Å². The Hall–Kier alpha value is -5.31. The predicted octanol–water partition coefficient (Wildman–Crippen LogP) is 4.77. The van der Waals surface area contributed by atoms with Crippen molar-refractivity contribution in [2.24, 2.45) is 0 Å². The van der Waals surface area contributed by atoms with E-state index in [2.05, 4.69) is 20.2 Å². The van der Waals surface area contributed by atoms with Crippen molar-refractivity contribution in [2.45, 2.75) is 6.54 Å². The van der Waals surface area contributed by atoms with Crippen molar-refractivity contribution in [2.75, 3.05) is 5.73 Å². The second kappa shape index (κ2) is 8.13. The first kappa shape index (κ1) is 21.0. The number of aromatic nitrogens is 6. The van der Waals surface area contributed by atoms with Crippen LogP contribution in [0.25, 0.3) is 55.3 Å². The molecule has 0 aliphatic carbocycles. The number of aromatic amines is 1. The molecule has 3 N–H and O–H groups in total. The normalized spacial score (nSPS) is 11.6. The topological polar surface area (TPSA) is 129 Å². The molecule has 0 saturated carbocycles. The molecule has 0 saturated heterocycles. The lowest BCUT2D eigenvalue weighted by atomic mass is 10.0. The minimum absolute atomic E-state index is 0.0985. The zero-order valence-electron chi connectivity index (χ0n) is 19.4. The molecule has 0 radical (unpaired) electrons. The van der Waals surface area contributed by atoms with Gasteiger partial charge in [-0.2, -0.15) is 10.2 Å². The molecule has 7 rings (SSSR count). The number of nitrogens with zero attached hydrogens (tertiary/aromatic N) is 5. The van der Waals surface area contributed by atoms with Crippen molar-refractivity contribution < 1.29 is 4.42 Å². The highest BCUT2D eigenvalue weighted by Gasteiger charge is 2.21. The van der Waals surface area contributed by atoms with Crippen LogP contribution < -0.4 is 11.2 Å². The van der Waals surface area contributed by atoms with E-state index in [1.807, 2.05) is 60.7 Å². The number of anilines is 1. The lowest BCUT2D eigenvalue weighted by Crippen LogP contribution is -2.12. The molecule has 37 heavy (non-hydrogen) atoms. The number of hydrogen-bond acceptors (Lipinski definition) is 7.